The van der Waals surface area contributed by atoms with Crippen molar-refractivity contribution >= 4 is 53.3 Å². The monoisotopic (exact) mass is 469 g/mol. The number of phenols is 1. The lowest BCUT2D eigenvalue weighted by Gasteiger charge is -2.13. The van der Waals surface area contributed by atoms with Crippen molar-refractivity contribution in [1.82, 2.24) is 3.97 Å². The average Bonchev–Trinajstić information content (AvgIpc) is 3.45. The number of para-hydroxylation sites is 1. The van der Waals surface area contributed by atoms with Crippen LogP contribution in [0.15, 0.2) is 95.2 Å². The molecule has 0 saturated heterocycles. The summed E-state index contributed by atoms with van der Waals surface area (Å²) in [4.78, 5) is 0.183. The largest absolute Gasteiger partial charge is 0.504 e. The lowest BCUT2D eigenvalue weighted by molar-refractivity contribution is 0.486. The third kappa shape index (κ3) is 2.84. The van der Waals surface area contributed by atoms with Crippen LogP contribution in [0.25, 0.3) is 43.0 Å². The number of fused-ring (bicyclic) bond motifs is 4. The van der Waals surface area contributed by atoms with E-state index in [1.54, 1.807) is 30.3 Å². The van der Waals surface area contributed by atoms with Crippen molar-refractivity contribution in [3.8, 4) is 16.9 Å². The number of aromatic nitrogens is 1. The Morgan fingerprint density at radius 1 is 0.818 bits per heavy atom. The summed E-state index contributed by atoms with van der Waals surface area (Å²) in [6.07, 6.45) is 0. The molecule has 6 heteroatoms. The highest BCUT2D eigenvalue weighted by atomic mass is 32.2. The topological polar surface area (TPSA) is 59.3 Å². The van der Waals surface area contributed by atoms with Crippen LogP contribution in [0.3, 0.4) is 0 Å². The van der Waals surface area contributed by atoms with E-state index in [4.69, 9.17) is 0 Å². The number of phenolic OH excluding ortho intramolecular Hbond substituents is 1. The fraction of sp³-hybridized carbons (Fsp3) is 0.0370. The molecular weight excluding hydrogens is 450 g/mol. The quantitative estimate of drug-likeness (QED) is 0.306. The van der Waals surface area contributed by atoms with Gasteiger partial charge in [-0.1, -0.05) is 66.2 Å². The number of aromatic hydroxyl groups is 1. The molecule has 0 spiro atoms. The van der Waals surface area contributed by atoms with Gasteiger partial charge in [-0.3, -0.25) is 0 Å². The maximum atomic E-state index is 14.0. The van der Waals surface area contributed by atoms with E-state index >= 15 is 0 Å². The summed E-state index contributed by atoms with van der Waals surface area (Å²) in [6.45, 7) is 1.92. The zero-order valence-electron chi connectivity index (χ0n) is 17.7. The Balaban J connectivity index is 1.87. The molecular formula is C27H19NO3S2. The third-order valence-corrected chi connectivity index (χ3v) is 8.73. The van der Waals surface area contributed by atoms with Crippen molar-refractivity contribution in [2.45, 2.75) is 11.8 Å². The maximum Gasteiger partial charge on any atom is 0.268 e. The van der Waals surface area contributed by atoms with Gasteiger partial charge in [-0.25, -0.2) is 12.4 Å². The van der Waals surface area contributed by atoms with E-state index in [-0.39, 0.29) is 10.6 Å². The molecule has 0 radical (unpaired) electrons. The molecule has 6 rings (SSSR count). The van der Waals surface area contributed by atoms with Gasteiger partial charge in [-0.2, -0.15) is 0 Å². The van der Waals surface area contributed by atoms with Crippen LogP contribution in [0.4, 0.5) is 0 Å². The molecule has 0 amide bonds. The van der Waals surface area contributed by atoms with E-state index in [2.05, 4.69) is 0 Å². The summed E-state index contributed by atoms with van der Waals surface area (Å²) in [5.41, 5.74) is 3.73. The molecule has 0 bridgehead atoms. The fourth-order valence-electron chi connectivity index (χ4n) is 4.58. The van der Waals surface area contributed by atoms with Crippen LogP contribution in [-0.4, -0.2) is 17.5 Å². The Morgan fingerprint density at radius 2 is 1.52 bits per heavy atom. The minimum Gasteiger partial charge on any atom is -0.504 e. The Morgan fingerprint density at radius 3 is 2.27 bits per heavy atom. The first-order valence-corrected chi connectivity index (χ1v) is 12.8. The van der Waals surface area contributed by atoms with Crippen molar-refractivity contribution in [2.75, 3.05) is 0 Å². The standard InChI is InChI=1S/C27H19NO3S2/c1-17-11-13-19(14-12-17)33(30,31)28-22-10-6-5-9-20(22)24-23(18-7-3-2-4-8-18)21-15-16-32-27(21)26(29)25(24)28/h2-16,29H,1H3. The van der Waals surface area contributed by atoms with Gasteiger partial charge >= 0.3 is 0 Å². The number of rotatable bonds is 3. The summed E-state index contributed by atoms with van der Waals surface area (Å²) in [6, 6.07) is 26.1. The van der Waals surface area contributed by atoms with Crippen LogP contribution in [-0.2, 0) is 10.0 Å². The van der Waals surface area contributed by atoms with Crippen molar-refractivity contribution in [3.05, 3.63) is 95.9 Å². The highest BCUT2D eigenvalue weighted by Gasteiger charge is 2.29. The zero-order valence-corrected chi connectivity index (χ0v) is 19.3. The highest BCUT2D eigenvalue weighted by molar-refractivity contribution is 7.90. The van der Waals surface area contributed by atoms with E-state index in [9.17, 15) is 13.5 Å². The number of hydrogen-bond donors (Lipinski definition) is 1. The number of aryl methyl sites for hydroxylation is 1. The number of hydrogen-bond acceptors (Lipinski definition) is 4. The van der Waals surface area contributed by atoms with Gasteiger partial charge in [0.1, 0.15) is 5.52 Å². The second-order valence-electron chi connectivity index (χ2n) is 8.08. The normalized spacial score (nSPS) is 12.2. The lowest BCUT2D eigenvalue weighted by Crippen LogP contribution is -2.12. The Kier molecular flexibility index (Phi) is 4.37. The smallest absolute Gasteiger partial charge is 0.268 e. The molecule has 162 valence electrons. The number of nitrogens with zero attached hydrogens (tertiary/aromatic N) is 1. The molecule has 0 saturated carbocycles. The number of benzene rings is 4. The molecule has 0 unspecified atom stereocenters. The maximum absolute atomic E-state index is 14.0. The average molecular weight is 470 g/mol. The van der Waals surface area contributed by atoms with Gasteiger partial charge in [0, 0.05) is 21.7 Å². The minimum absolute atomic E-state index is 0.0124. The first-order valence-electron chi connectivity index (χ1n) is 10.5. The van der Waals surface area contributed by atoms with E-state index in [0.29, 0.717) is 15.7 Å². The van der Waals surface area contributed by atoms with Gasteiger partial charge in [-0.05, 0) is 42.1 Å². The predicted octanol–water partition coefficient (Wildman–Crippen LogP) is 6.93. The number of thiophene rings is 1. The molecule has 6 aromatic rings. The van der Waals surface area contributed by atoms with Crippen LogP contribution in [0.5, 0.6) is 5.75 Å². The molecule has 0 atom stereocenters. The summed E-state index contributed by atoms with van der Waals surface area (Å²) in [5, 5.41) is 15.8. The van der Waals surface area contributed by atoms with Gasteiger partial charge in [0.05, 0.1) is 15.1 Å². The van der Waals surface area contributed by atoms with Crippen molar-refractivity contribution in [2.24, 2.45) is 0 Å². The van der Waals surface area contributed by atoms with E-state index < -0.39 is 10.0 Å². The molecule has 2 aromatic heterocycles. The summed E-state index contributed by atoms with van der Waals surface area (Å²) < 4.78 is 29.9. The first kappa shape index (κ1) is 20.0. The molecule has 2 heterocycles. The molecule has 1 N–H and O–H groups in total. The van der Waals surface area contributed by atoms with Gasteiger partial charge in [0.25, 0.3) is 10.0 Å². The SMILES string of the molecule is Cc1ccc(S(=O)(=O)n2c3ccccc3c3c(-c4ccccc4)c4ccsc4c(O)c32)cc1. The summed E-state index contributed by atoms with van der Waals surface area (Å²) in [5.74, 6) is -0.0124. The summed E-state index contributed by atoms with van der Waals surface area (Å²) >= 11 is 1.41. The van der Waals surface area contributed by atoms with Crippen molar-refractivity contribution in [1.29, 1.82) is 0 Å². The molecule has 0 aliphatic rings. The molecule has 4 nitrogen and oxygen atoms in total. The zero-order chi connectivity index (χ0) is 22.7. The van der Waals surface area contributed by atoms with Crippen molar-refractivity contribution < 1.29 is 13.5 Å². The van der Waals surface area contributed by atoms with Crippen LogP contribution in [0, 0.1) is 6.92 Å². The molecule has 4 aromatic carbocycles. The second kappa shape index (κ2) is 7.20. The van der Waals surface area contributed by atoms with Gasteiger partial charge in [0.2, 0.25) is 0 Å². The third-order valence-electron chi connectivity index (χ3n) is 6.08. The van der Waals surface area contributed by atoms with E-state index in [1.165, 1.54) is 15.3 Å². The Bertz CT molecular complexity index is 1780. The van der Waals surface area contributed by atoms with Gasteiger partial charge in [-0.15, -0.1) is 11.3 Å². The van der Waals surface area contributed by atoms with Crippen molar-refractivity contribution in [3.63, 3.8) is 0 Å². The first-order chi connectivity index (χ1) is 16.0. The Labute approximate surface area is 195 Å². The van der Waals surface area contributed by atoms with Crippen LogP contribution >= 0.6 is 11.3 Å². The van der Waals surface area contributed by atoms with E-state index in [0.717, 1.165) is 32.8 Å². The predicted molar refractivity (Wildman–Crippen MR) is 136 cm³/mol. The van der Waals surface area contributed by atoms with E-state index in [1.807, 2.05) is 66.9 Å². The van der Waals surface area contributed by atoms with Gasteiger partial charge in [0.15, 0.2) is 5.75 Å². The highest BCUT2D eigenvalue weighted by Crippen LogP contribution is 2.49. The lowest BCUT2D eigenvalue weighted by atomic mass is 9.96. The fourth-order valence-corrected chi connectivity index (χ4v) is 6.95. The van der Waals surface area contributed by atoms with Crippen LogP contribution in [0.1, 0.15) is 5.56 Å². The second-order valence-corrected chi connectivity index (χ2v) is 10.8. The van der Waals surface area contributed by atoms with Crippen LogP contribution in [0.2, 0.25) is 0 Å². The minimum atomic E-state index is -3.98. The Hall–Kier alpha value is -3.61. The molecule has 0 aliphatic heterocycles. The summed E-state index contributed by atoms with van der Waals surface area (Å²) in [7, 11) is -3.98. The molecule has 33 heavy (non-hydrogen) atoms. The van der Waals surface area contributed by atoms with Gasteiger partial charge < -0.3 is 5.11 Å². The molecule has 0 fully saturated rings. The van der Waals surface area contributed by atoms with Crippen LogP contribution < -0.4 is 0 Å². The molecule has 0 aliphatic carbocycles.